The molecule has 3 aromatic carbocycles. The number of rotatable bonds is 7. The van der Waals surface area contributed by atoms with Crippen molar-refractivity contribution in [3.05, 3.63) is 111 Å². The number of aromatic nitrogens is 1. The number of nitro groups is 1. The van der Waals surface area contributed by atoms with Gasteiger partial charge < -0.3 is 19.7 Å². The van der Waals surface area contributed by atoms with E-state index in [0.717, 1.165) is 22.0 Å². The van der Waals surface area contributed by atoms with Gasteiger partial charge in [-0.1, -0.05) is 29.8 Å². The second-order valence-corrected chi connectivity index (χ2v) is 9.18. The predicted molar refractivity (Wildman–Crippen MR) is 142 cm³/mol. The smallest absolute Gasteiger partial charge is 0.295 e. The minimum Gasteiger partial charge on any atom is -0.507 e. The Hall–Kier alpha value is -4.92. The lowest BCUT2D eigenvalue weighted by atomic mass is 9.94. The number of nitrogens with one attached hydrogen (secondary N) is 1. The molecule has 1 aliphatic heterocycles. The molecular weight excluding hydrogens is 486 g/mol. The van der Waals surface area contributed by atoms with Crippen LogP contribution < -0.4 is 4.74 Å². The van der Waals surface area contributed by atoms with Crippen LogP contribution in [0.4, 0.5) is 5.69 Å². The molecule has 9 heteroatoms. The summed E-state index contributed by atoms with van der Waals surface area (Å²) in [5.41, 5.74) is 3.60. The van der Waals surface area contributed by atoms with Gasteiger partial charge in [0.1, 0.15) is 11.5 Å². The molecule has 1 fully saturated rings. The molecule has 4 aromatic rings. The van der Waals surface area contributed by atoms with Crippen molar-refractivity contribution in [1.29, 1.82) is 0 Å². The van der Waals surface area contributed by atoms with Gasteiger partial charge in [0.2, 0.25) is 0 Å². The first kappa shape index (κ1) is 24.8. The summed E-state index contributed by atoms with van der Waals surface area (Å²) in [4.78, 5) is 41.8. The van der Waals surface area contributed by atoms with Crippen LogP contribution in [0.2, 0.25) is 0 Å². The first-order chi connectivity index (χ1) is 18.3. The van der Waals surface area contributed by atoms with E-state index < -0.39 is 22.7 Å². The summed E-state index contributed by atoms with van der Waals surface area (Å²) in [7, 11) is 1.60. The van der Waals surface area contributed by atoms with Gasteiger partial charge in [-0.3, -0.25) is 19.7 Å². The number of hydrogen-bond donors (Lipinski definition) is 2. The van der Waals surface area contributed by atoms with E-state index in [-0.39, 0.29) is 29.1 Å². The van der Waals surface area contributed by atoms with Crippen LogP contribution >= 0.6 is 0 Å². The molecule has 0 unspecified atom stereocenters. The van der Waals surface area contributed by atoms with E-state index >= 15 is 0 Å². The highest BCUT2D eigenvalue weighted by molar-refractivity contribution is 6.46. The number of nitrogens with zero attached hydrogens (tertiary/aromatic N) is 2. The summed E-state index contributed by atoms with van der Waals surface area (Å²) in [6, 6.07) is 17.5. The Morgan fingerprint density at radius 1 is 1.08 bits per heavy atom. The Balaban J connectivity index is 1.54. The molecule has 1 aliphatic rings. The molecule has 1 aromatic heterocycles. The number of benzene rings is 3. The van der Waals surface area contributed by atoms with E-state index in [9.17, 15) is 24.8 Å². The molecule has 192 valence electrons. The van der Waals surface area contributed by atoms with E-state index in [1.54, 1.807) is 7.11 Å². The van der Waals surface area contributed by atoms with Crippen molar-refractivity contribution in [2.45, 2.75) is 19.4 Å². The van der Waals surface area contributed by atoms with Crippen LogP contribution in [-0.2, 0) is 16.0 Å². The number of fused-ring (bicyclic) bond motifs is 1. The highest BCUT2D eigenvalue weighted by Crippen LogP contribution is 2.40. The molecule has 2 N–H and O–H groups in total. The summed E-state index contributed by atoms with van der Waals surface area (Å²) < 4.78 is 5.35. The molecule has 1 amide bonds. The van der Waals surface area contributed by atoms with Gasteiger partial charge in [0.25, 0.3) is 17.4 Å². The predicted octanol–water partition coefficient (Wildman–Crippen LogP) is 5.06. The molecule has 5 rings (SSSR count). The molecular formula is C29H25N3O6. The number of carbonyl (C=O) groups is 2. The van der Waals surface area contributed by atoms with Crippen molar-refractivity contribution in [3.63, 3.8) is 0 Å². The molecule has 1 saturated heterocycles. The minimum absolute atomic E-state index is 0.0479. The van der Waals surface area contributed by atoms with E-state index in [1.807, 2.05) is 55.6 Å². The largest absolute Gasteiger partial charge is 0.507 e. The lowest BCUT2D eigenvalue weighted by molar-refractivity contribution is -0.384. The third-order valence-corrected chi connectivity index (χ3v) is 6.88. The summed E-state index contributed by atoms with van der Waals surface area (Å²) in [6.45, 7) is 2.16. The molecule has 9 nitrogen and oxygen atoms in total. The topological polar surface area (TPSA) is 126 Å². The van der Waals surface area contributed by atoms with Crippen molar-refractivity contribution in [1.82, 2.24) is 9.88 Å². The van der Waals surface area contributed by atoms with Gasteiger partial charge in [-0.25, -0.2) is 0 Å². The van der Waals surface area contributed by atoms with Gasteiger partial charge >= 0.3 is 0 Å². The number of methoxy groups -OCH3 is 1. The molecule has 0 spiro atoms. The normalized spacial score (nSPS) is 16.8. The maximum Gasteiger partial charge on any atom is 0.295 e. The van der Waals surface area contributed by atoms with Gasteiger partial charge in [-0.15, -0.1) is 0 Å². The fourth-order valence-corrected chi connectivity index (χ4v) is 4.83. The molecule has 0 aliphatic carbocycles. The zero-order valence-corrected chi connectivity index (χ0v) is 20.8. The van der Waals surface area contributed by atoms with Crippen LogP contribution in [0.3, 0.4) is 0 Å². The lowest BCUT2D eigenvalue weighted by Crippen LogP contribution is -2.31. The highest BCUT2D eigenvalue weighted by atomic mass is 16.6. The van der Waals surface area contributed by atoms with Crippen LogP contribution in [0.5, 0.6) is 5.75 Å². The summed E-state index contributed by atoms with van der Waals surface area (Å²) in [5, 5.41) is 23.2. The maximum absolute atomic E-state index is 13.3. The van der Waals surface area contributed by atoms with Crippen LogP contribution in [-0.4, -0.2) is 45.3 Å². The molecule has 2 heterocycles. The average molecular weight is 512 g/mol. The number of aliphatic hydroxyl groups excluding tert-OH is 1. The Kier molecular flexibility index (Phi) is 6.42. The van der Waals surface area contributed by atoms with E-state index in [4.69, 9.17) is 4.74 Å². The Labute approximate surface area is 218 Å². The van der Waals surface area contributed by atoms with Crippen molar-refractivity contribution in [2.24, 2.45) is 0 Å². The number of Topliss-reactive ketones (excluding diaryl/α,β-unsaturated/α-hetero) is 1. The van der Waals surface area contributed by atoms with Gasteiger partial charge in [0.05, 0.1) is 23.6 Å². The highest BCUT2D eigenvalue weighted by Gasteiger charge is 2.45. The molecule has 0 radical (unpaired) electrons. The number of hydrogen-bond acceptors (Lipinski definition) is 6. The van der Waals surface area contributed by atoms with Crippen LogP contribution in [0.25, 0.3) is 16.7 Å². The molecule has 0 saturated carbocycles. The quantitative estimate of drug-likeness (QED) is 0.117. The van der Waals surface area contributed by atoms with Crippen LogP contribution in [0.15, 0.2) is 78.5 Å². The van der Waals surface area contributed by atoms with Gasteiger partial charge in [-0.2, -0.15) is 0 Å². The zero-order valence-electron chi connectivity index (χ0n) is 20.8. The number of non-ortho nitro benzene ring substituents is 1. The average Bonchev–Trinajstić information content (AvgIpc) is 3.44. The second kappa shape index (κ2) is 9.85. The number of aliphatic hydroxyl groups is 1. The molecule has 38 heavy (non-hydrogen) atoms. The second-order valence-electron chi connectivity index (χ2n) is 9.18. The number of carbonyl (C=O) groups excluding carboxylic acids is 2. The third-order valence-electron chi connectivity index (χ3n) is 6.88. The van der Waals surface area contributed by atoms with Crippen molar-refractivity contribution < 1.29 is 24.4 Å². The van der Waals surface area contributed by atoms with E-state index in [1.165, 1.54) is 29.2 Å². The van der Waals surface area contributed by atoms with Crippen molar-refractivity contribution in [2.75, 3.05) is 13.7 Å². The number of aromatic amines is 1. The van der Waals surface area contributed by atoms with Crippen LogP contribution in [0, 0.1) is 17.0 Å². The molecule has 0 bridgehead atoms. The number of aryl methyl sites for hydroxylation is 1. The number of likely N-dealkylation sites (tertiary alicyclic amines) is 1. The minimum atomic E-state index is -0.814. The van der Waals surface area contributed by atoms with Gasteiger partial charge in [-0.05, 0) is 54.8 Å². The van der Waals surface area contributed by atoms with Gasteiger partial charge in [0.15, 0.2) is 0 Å². The number of ether oxygens (including phenoxy) is 1. The first-order valence-corrected chi connectivity index (χ1v) is 12.0. The fraction of sp³-hybridized carbons (Fsp3) is 0.172. The summed E-state index contributed by atoms with van der Waals surface area (Å²) >= 11 is 0. The van der Waals surface area contributed by atoms with Crippen molar-refractivity contribution >= 4 is 34.0 Å². The number of amides is 1. The van der Waals surface area contributed by atoms with Crippen molar-refractivity contribution in [3.8, 4) is 5.75 Å². The SMILES string of the molecule is COc1ccc2[nH]cc(CCN3C(=O)C(=O)C(=C(O)c4ccc([N+](=O)[O-])cc4)[C@H]3c3ccc(C)cc3)c2c1. The van der Waals surface area contributed by atoms with E-state index in [2.05, 4.69) is 4.98 Å². The third kappa shape index (κ3) is 4.39. The number of ketones is 1. The Morgan fingerprint density at radius 2 is 1.79 bits per heavy atom. The van der Waals surface area contributed by atoms with Crippen LogP contribution in [0.1, 0.15) is 28.3 Å². The summed E-state index contributed by atoms with van der Waals surface area (Å²) in [6.07, 6.45) is 2.33. The molecule has 1 atom stereocenters. The standard InChI is InChI=1S/C29H25N3O6/c1-17-3-5-18(6-4-17)26-25(27(33)19-7-9-21(10-8-19)32(36)37)28(34)29(35)31(26)14-13-20-16-30-24-12-11-22(38-2)15-23(20)24/h3-12,15-16,26,30,33H,13-14H2,1-2H3/t26-/m1/s1. The Morgan fingerprint density at radius 3 is 2.45 bits per heavy atom. The first-order valence-electron chi connectivity index (χ1n) is 12.0. The zero-order chi connectivity index (χ0) is 27.0. The summed E-state index contributed by atoms with van der Waals surface area (Å²) in [5.74, 6) is -1.17. The Bertz CT molecular complexity index is 1590. The number of H-pyrrole nitrogens is 1. The monoisotopic (exact) mass is 511 g/mol. The van der Waals surface area contributed by atoms with E-state index in [0.29, 0.717) is 17.7 Å². The van der Waals surface area contributed by atoms with Gasteiger partial charge in [0, 0.05) is 41.3 Å². The number of nitro benzene ring substituents is 1. The lowest BCUT2D eigenvalue weighted by Gasteiger charge is -2.25. The fourth-order valence-electron chi connectivity index (χ4n) is 4.83. The maximum atomic E-state index is 13.3.